The molecule has 0 saturated carbocycles. The van der Waals surface area contributed by atoms with Crippen LogP contribution in [0.15, 0.2) is 72.9 Å². The highest BCUT2D eigenvalue weighted by Gasteiger charge is 2.19. The zero-order valence-corrected chi connectivity index (χ0v) is 49.1. The summed E-state index contributed by atoms with van der Waals surface area (Å²) in [6.45, 7) is 6.43. The van der Waals surface area contributed by atoms with Gasteiger partial charge in [0.2, 0.25) is 0 Å². The molecule has 0 bridgehead atoms. The van der Waals surface area contributed by atoms with Gasteiger partial charge in [0.05, 0.1) is 6.42 Å². The fourth-order valence-electron chi connectivity index (χ4n) is 9.21. The van der Waals surface area contributed by atoms with Crippen LogP contribution in [0.25, 0.3) is 0 Å². The number of hydrogen-bond acceptors (Lipinski definition) is 6. The Labute approximate surface area is 459 Å². The zero-order valence-electron chi connectivity index (χ0n) is 49.1. The van der Waals surface area contributed by atoms with Gasteiger partial charge in [-0.3, -0.25) is 14.4 Å². The Morgan fingerprint density at radius 3 is 0.919 bits per heavy atom. The lowest BCUT2D eigenvalue weighted by molar-refractivity contribution is -0.166. The Bertz CT molecular complexity index is 1370. The summed E-state index contributed by atoms with van der Waals surface area (Å²) >= 11 is 0. The molecule has 0 fully saturated rings. The van der Waals surface area contributed by atoms with Gasteiger partial charge >= 0.3 is 17.9 Å². The molecule has 428 valence electrons. The molecule has 6 nitrogen and oxygen atoms in total. The zero-order chi connectivity index (χ0) is 53.6. The summed E-state index contributed by atoms with van der Waals surface area (Å²) in [6, 6.07) is 0. The largest absolute Gasteiger partial charge is 0.462 e. The van der Waals surface area contributed by atoms with Crippen LogP contribution in [0, 0.1) is 0 Å². The molecule has 1 unspecified atom stereocenters. The van der Waals surface area contributed by atoms with E-state index in [9.17, 15) is 14.4 Å². The molecule has 0 aliphatic rings. The van der Waals surface area contributed by atoms with Crippen molar-refractivity contribution in [2.45, 2.75) is 329 Å². The average Bonchev–Trinajstić information content (AvgIpc) is 3.40. The van der Waals surface area contributed by atoms with Crippen molar-refractivity contribution >= 4 is 17.9 Å². The highest BCUT2D eigenvalue weighted by molar-refractivity contribution is 5.72. The molecule has 0 amide bonds. The predicted molar refractivity (Wildman–Crippen MR) is 321 cm³/mol. The highest BCUT2D eigenvalue weighted by Crippen LogP contribution is 2.18. The molecule has 0 aromatic heterocycles. The van der Waals surface area contributed by atoms with Gasteiger partial charge in [0.15, 0.2) is 6.10 Å². The lowest BCUT2D eigenvalue weighted by Gasteiger charge is -2.18. The summed E-state index contributed by atoms with van der Waals surface area (Å²) in [5.41, 5.74) is 0. The van der Waals surface area contributed by atoms with Crippen LogP contribution < -0.4 is 0 Å². The van der Waals surface area contributed by atoms with Gasteiger partial charge in [-0.15, -0.1) is 0 Å². The molecular weight excluding hydrogens is 913 g/mol. The molecule has 0 heterocycles. The van der Waals surface area contributed by atoms with Crippen LogP contribution in [0.4, 0.5) is 0 Å². The second-order valence-corrected chi connectivity index (χ2v) is 21.3. The van der Waals surface area contributed by atoms with E-state index in [0.29, 0.717) is 12.8 Å². The van der Waals surface area contributed by atoms with Gasteiger partial charge in [-0.1, -0.05) is 312 Å². The summed E-state index contributed by atoms with van der Waals surface area (Å²) in [6.07, 6.45) is 81.1. The molecule has 0 rings (SSSR count). The number of esters is 3. The normalized spacial score (nSPS) is 12.5. The van der Waals surface area contributed by atoms with Gasteiger partial charge in [0, 0.05) is 12.8 Å². The van der Waals surface area contributed by atoms with E-state index in [0.717, 1.165) is 83.5 Å². The molecule has 0 aliphatic heterocycles. The molecule has 74 heavy (non-hydrogen) atoms. The predicted octanol–water partition coefficient (Wildman–Crippen LogP) is 21.7. The standard InChI is InChI=1S/C68H120O6/c1-4-7-10-13-16-19-22-24-26-27-28-29-30-31-32-33-34-35-36-37-38-39-40-42-43-46-49-52-55-58-61-67(70)73-64-65(63-72-66(69)60-57-54-51-48-45-21-18-15-12-9-6-3)74-68(71)62-59-56-53-50-47-44-41-25-23-20-17-14-11-8-5-2/h8,11,15,17-18,20,25,41,47,50,56,59,65H,4-7,9-10,12-14,16,19,21-24,26-40,42-46,48-49,51-55,57-58,60-64H2,1-3H3/b11-8-,18-15-,20-17-,41-25-,50-47-,59-56-. The van der Waals surface area contributed by atoms with Gasteiger partial charge in [0.25, 0.3) is 0 Å². The van der Waals surface area contributed by atoms with Crippen molar-refractivity contribution in [2.75, 3.05) is 13.2 Å². The topological polar surface area (TPSA) is 78.9 Å². The summed E-state index contributed by atoms with van der Waals surface area (Å²) in [5, 5.41) is 0. The molecule has 6 heteroatoms. The fraction of sp³-hybridized carbons (Fsp3) is 0.779. The Balaban J connectivity index is 4.17. The maximum absolute atomic E-state index is 12.8. The Morgan fingerprint density at radius 1 is 0.297 bits per heavy atom. The monoisotopic (exact) mass is 1030 g/mol. The smallest absolute Gasteiger partial charge is 0.310 e. The van der Waals surface area contributed by atoms with Crippen molar-refractivity contribution in [1.82, 2.24) is 0 Å². The van der Waals surface area contributed by atoms with Crippen molar-refractivity contribution in [3.05, 3.63) is 72.9 Å². The van der Waals surface area contributed by atoms with Crippen LogP contribution in [0.2, 0.25) is 0 Å². The van der Waals surface area contributed by atoms with Crippen LogP contribution in [0.5, 0.6) is 0 Å². The molecule has 1 atom stereocenters. The van der Waals surface area contributed by atoms with Crippen molar-refractivity contribution in [1.29, 1.82) is 0 Å². The summed E-state index contributed by atoms with van der Waals surface area (Å²) in [4.78, 5) is 38.1. The van der Waals surface area contributed by atoms with E-state index in [2.05, 4.69) is 81.5 Å². The maximum Gasteiger partial charge on any atom is 0.310 e. The number of carbonyl (C=O) groups is 3. The van der Waals surface area contributed by atoms with E-state index in [4.69, 9.17) is 14.2 Å². The summed E-state index contributed by atoms with van der Waals surface area (Å²) < 4.78 is 16.7. The number of rotatable bonds is 58. The lowest BCUT2D eigenvalue weighted by atomic mass is 10.0. The molecule has 0 saturated heterocycles. The van der Waals surface area contributed by atoms with Gasteiger partial charge in [-0.2, -0.15) is 0 Å². The first-order chi connectivity index (χ1) is 36.5. The SMILES string of the molecule is CC/C=C\C/C=C\C/C=C\C/C=C\C/C=C\CC(=O)OC(COC(=O)CCCCCCC/C=C\CCCC)COC(=O)CCCCCCCCCCCCCCCCCCCCCCCCCCCCCCCC. The minimum Gasteiger partial charge on any atom is -0.462 e. The van der Waals surface area contributed by atoms with Gasteiger partial charge in [-0.05, 0) is 64.2 Å². The molecule has 0 aromatic rings. The minimum absolute atomic E-state index is 0.0973. The first-order valence-electron chi connectivity index (χ1n) is 31.9. The quantitative estimate of drug-likeness (QED) is 0.0261. The van der Waals surface area contributed by atoms with Crippen LogP contribution in [0.1, 0.15) is 323 Å². The van der Waals surface area contributed by atoms with Crippen LogP contribution >= 0.6 is 0 Å². The number of ether oxygens (including phenoxy) is 3. The number of carbonyl (C=O) groups excluding carboxylic acids is 3. The van der Waals surface area contributed by atoms with Crippen LogP contribution in [0.3, 0.4) is 0 Å². The third kappa shape index (κ3) is 59.7. The maximum atomic E-state index is 12.8. The van der Waals surface area contributed by atoms with Crippen molar-refractivity contribution in [3.63, 3.8) is 0 Å². The van der Waals surface area contributed by atoms with Crippen LogP contribution in [-0.4, -0.2) is 37.2 Å². The van der Waals surface area contributed by atoms with E-state index in [1.165, 1.54) is 199 Å². The first-order valence-corrected chi connectivity index (χ1v) is 31.9. The Kier molecular flexibility index (Phi) is 59.7. The molecule has 0 aromatic carbocycles. The number of allylic oxidation sites excluding steroid dienone is 11. The molecule has 0 N–H and O–H groups in total. The molecule has 0 aliphatic carbocycles. The Morgan fingerprint density at radius 2 is 0.581 bits per heavy atom. The molecular formula is C68H120O6. The van der Waals surface area contributed by atoms with E-state index in [1.54, 1.807) is 6.08 Å². The third-order valence-corrected chi connectivity index (χ3v) is 14.0. The lowest BCUT2D eigenvalue weighted by Crippen LogP contribution is -2.30. The van der Waals surface area contributed by atoms with E-state index in [1.807, 2.05) is 6.08 Å². The Hall–Kier alpha value is -3.15. The summed E-state index contributed by atoms with van der Waals surface area (Å²) in [5.74, 6) is -1.04. The van der Waals surface area contributed by atoms with Gasteiger partial charge in [0.1, 0.15) is 13.2 Å². The fourth-order valence-corrected chi connectivity index (χ4v) is 9.21. The first kappa shape index (κ1) is 70.8. The van der Waals surface area contributed by atoms with E-state index >= 15 is 0 Å². The third-order valence-electron chi connectivity index (χ3n) is 14.0. The minimum atomic E-state index is -0.832. The van der Waals surface area contributed by atoms with E-state index < -0.39 is 12.1 Å². The second-order valence-electron chi connectivity index (χ2n) is 21.3. The van der Waals surface area contributed by atoms with Gasteiger partial charge < -0.3 is 14.2 Å². The number of unbranched alkanes of at least 4 members (excludes halogenated alkanes) is 36. The van der Waals surface area contributed by atoms with E-state index in [-0.39, 0.29) is 31.6 Å². The summed E-state index contributed by atoms with van der Waals surface area (Å²) in [7, 11) is 0. The van der Waals surface area contributed by atoms with Gasteiger partial charge in [-0.25, -0.2) is 0 Å². The molecule has 0 radical (unpaired) electrons. The van der Waals surface area contributed by atoms with Crippen molar-refractivity contribution in [3.8, 4) is 0 Å². The second kappa shape index (κ2) is 62.4. The van der Waals surface area contributed by atoms with Crippen LogP contribution in [-0.2, 0) is 28.6 Å². The van der Waals surface area contributed by atoms with Crippen molar-refractivity contribution < 1.29 is 28.6 Å². The average molecular weight is 1030 g/mol. The highest BCUT2D eigenvalue weighted by atomic mass is 16.6. The number of hydrogen-bond donors (Lipinski definition) is 0. The van der Waals surface area contributed by atoms with Crippen molar-refractivity contribution in [2.24, 2.45) is 0 Å². The molecule has 0 spiro atoms.